The number of rotatable bonds is 4. The van der Waals surface area contributed by atoms with E-state index >= 15 is 0 Å². The molecule has 2 aromatic rings. The molecule has 2 aliphatic heterocycles. The monoisotopic (exact) mass is 364 g/mol. The van der Waals surface area contributed by atoms with E-state index < -0.39 is 17.8 Å². The lowest BCUT2D eigenvalue weighted by Crippen LogP contribution is -2.40. The quantitative estimate of drug-likeness (QED) is 0.871. The lowest BCUT2D eigenvalue weighted by molar-refractivity contribution is -0.147. The molecule has 0 aromatic carbocycles. The standard InChI is InChI=1S/C16H16N2O4S2/c1-7-2-5-11(24-7)8-6-23-16(17-8)18-14(19)12-9-3-4-10(22-9)13(12)15(20)21/h2,5-6,9-10,12-13H,3-4H2,1H3,(H,20,21)(H,17,18,19)/t9-,10+,12-,13-/m0/s1. The predicted molar refractivity (Wildman–Crippen MR) is 91.3 cm³/mol. The summed E-state index contributed by atoms with van der Waals surface area (Å²) in [5.41, 5.74) is 0.826. The van der Waals surface area contributed by atoms with Crippen LogP contribution in [-0.2, 0) is 14.3 Å². The number of nitrogens with one attached hydrogen (secondary N) is 1. The summed E-state index contributed by atoms with van der Waals surface area (Å²) in [7, 11) is 0. The molecule has 4 atom stereocenters. The Hall–Kier alpha value is -1.77. The van der Waals surface area contributed by atoms with Crippen LogP contribution in [0.15, 0.2) is 17.5 Å². The highest BCUT2D eigenvalue weighted by Crippen LogP contribution is 2.44. The summed E-state index contributed by atoms with van der Waals surface area (Å²) in [6.45, 7) is 2.03. The van der Waals surface area contributed by atoms with Crippen LogP contribution in [0.4, 0.5) is 5.13 Å². The number of aliphatic carboxylic acids is 1. The van der Waals surface area contributed by atoms with Crippen LogP contribution in [0, 0.1) is 18.8 Å². The first kappa shape index (κ1) is 15.7. The average Bonchev–Trinajstić information content (AvgIpc) is 3.29. The molecule has 0 unspecified atom stereocenters. The summed E-state index contributed by atoms with van der Waals surface area (Å²) in [4.78, 5) is 30.8. The number of hydrogen-bond acceptors (Lipinski definition) is 6. The third kappa shape index (κ3) is 2.64. The van der Waals surface area contributed by atoms with E-state index in [2.05, 4.69) is 10.3 Å². The van der Waals surface area contributed by atoms with E-state index in [0.29, 0.717) is 11.6 Å². The summed E-state index contributed by atoms with van der Waals surface area (Å²) < 4.78 is 5.64. The fourth-order valence-electron chi connectivity index (χ4n) is 3.53. The van der Waals surface area contributed by atoms with Crippen LogP contribution in [0.1, 0.15) is 17.7 Å². The summed E-state index contributed by atoms with van der Waals surface area (Å²) >= 11 is 2.99. The molecule has 1 amide bonds. The minimum absolute atomic E-state index is 0.296. The van der Waals surface area contributed by atoms with Crippen LogP contribution in [0.5, 0.6) is 0 Å². The molecular weight excluding hydrogens is 348 g/mol. The molecule has 0 aliphatic carbocycles. The van der Waals surface area contributed by atoms with Gasteiger partial charge in [-0.25, -0.2) is 4.98 Å². The fourth-order valence-corrected chi connectivity index (χ4v) is 5.15. The van der Waals surface area contributed by atoms with Gasteiger partial charge in [-0.1, -0.05) is 0 Å². The van der Waals surface area contributed by atoms with Crippen LogP contribution in [0.25, 0.3) is 10.6 Å². The molecule has 2 N–H and O–H groups in total. The third-order valence-corrected chi connectivity index (χ3v) is 6.37. The number of fused-ring (bicyclic) bond motifs is 2. The van der Waals surface area contributed by atoms with Crippen molar-refractivity contribution in [2.45, 2.75) is 32.0 Å². The summed E-state index contributed by atoms with van der Waals surface area (Å²) in [6.07, 6.45) is 0.814. The number of carbonyl (C=O) groups is 2. The van der Waals surface area contributed by atoms with E-state index in [1.165, 1.54) is 16.2 Å². The van der Waals surface area contributed by atoms with Crippen LogP contribution in [0.2, 0.25) is 0 Å². The van der Waals surface area contributed by atoms with Gasteiger partial charge < -0.3 is 15.2 Å². The number of aromatic nitrogens is 1. The Morgan fingerprint density at radius 1 is 1.29 bits per heavy atom. The first-order valence-electron chi connectivity index (χ1n) is 7.74. The Balaban J connectivity index is 1.50. The molecule has 126 valence electrons. The van der Waals surface area contributed by atoms with Gasteiger partial charge in [-0.2, -0.15) is 0 Å². The molecule has 4 rings (SSSR count). The third-order valence-electron chi connectivity index (χ3n) is 4.59. The van der Waals surface area contributed by atoms with E-state index in [4.69, 9.17) is 4.74 Å². The zero-order valence-corrected chi connectivity index (χ0v) is 14.5. The number of carbonyl (C=O) groups excluding carboxylic acids is 1. The topological polar surface area (TPSA) is 88.5 Å². The number of anilines is 1. The van der Waals surface area contributed by atoms with Gasteiger partial charge in [0.05, 0.1) is 34.6 Å². The number of ether oxygens (including phenoxy) is 1. The molecule has 6 nitrogen and oxygen atoms in total. The van der Waals surface area contributed by atoms with Crippen molar-refractivity contribution in [3.8, 4) is 10.6 Å². The first-order chi connectivity index (χ1) is 11.5. The Morgan fingerprint density at radius 2 is 2.04 bits per heavy atom. The number of hydrogen-bond donors (Lipinski definition) is 2. The van der Waals surface area contributed by atoms with Crippen LogP contribution in [-0.4, -0.2) is 34.2 Å². The lowest BCUT2D eigenvalue weighted by Gasteiger charge is -2.23. The smallest absolute Gasteiger partial charge is 0.310 e. The van der Waals surface area contributed by atoms with E-state index in [0.717, 1.165) is 17.0 Å². The molecule has 2 aromatic heterocycles. The number of carboxylic acid groups (broad SMARTS) is 1. The largest absolute Gasteiger partial charge is 0.481 e. The van der Waals surface area contributed by atoms with Crippen molar-refractivity contribution in [1.82, 2.24) is 4.98 Å². The van der Waals surface area contributed by atoms with Gasteiger partial charge in [0, 0.05) is 10.3 Å². The number of nitrogens with zero attached hydrogens (tertiary/aromatic N) is 1. The van der Waals surface area contributed by atoms with Gasteiger partial charge in [-0.3, -0.25) is 9.59 Å². The molecule has 24 heavy (non-hydrogen) atoms. The van der Waals surface area contributed by atoms with Gasteiger partial charge in [0.2, 0.25) is 5.91 Å². The number of thiazole rings is 1. The van der Waals surface area contributed by atoms with Crippen LogP contribution >= 0.6 is 22.7 Å². The van der Waals surface area contributed by atoms with E-state index in [1.54, 1.807) is 11.3 Å². The molecule has 2 saturated heterocycles. The Bertz CT molecular complexity index is 800. The molecule has 0 saturated carbocycles. The number of carboxylic acids is 1. The molecular formula is C16H16N2O4S2. The SMILES string of the molecule is Cc1ccc(-c2csc(NC(=O)[C@@H]3[C@@H](C(=O)O)[C@H]4CC[C@@H]3O4)n2)s1. The van der Waals surface area contributed by atoms with Crippen LogP contribution < -0.4 is 5.32 Å². The minimum atomic E-state index is -0.962. The van der Waals surface area contributed by atoms with Crippen molar-refractivity contribution in [2.24, 2.45) is 11.8 Å². The van der Waals surface area contributed by atoms with Gasteiger partial charge >= 0.3 is 5.97 Å². The van der Waals surface area contributed by atoms with Gasteiger partial charge in [0.15, 0.2) is 5.13 Å². The van der Waals surface area contributed by atoms with Gasteiger partial charge in [-0.15, -0.1) is 22.7 Å². The van der Waals surface area contributed by atoms with Crippen molar-refractivity contribution < 1.29 is 19.4 Å². The van der Waals surface area contributed by atoms with Crippen molar-refractivity contribution in [3.05, 3.63) is 22.4 Å². The summed E-state index contributed by atoms with van der Waals surface area (Å²) in [5.74, 6) is -2.67. The maximum atomic E-state index is 12.6. The van der Waals surface area contributed by atoms with Crippen molar-refractivity contribution in [1.29, 1.82) is 0 Å². The first-order valence-corrected chi connectivity index (χ1v) is 9.44. The zero-order valence-electron chi connectivity index (χ0n) is 12.9. The van der Waals surface area contributed by atoms with Gasteiger partial charge in [0.25, 0.3) is 0 Å². The van der Waals surface area contributed by atoms with Crippen molar-refractivity contribution in [2.75, 3.05) is 5.32 Å². The minimum Gasteiger partial charge on any atom is -0.481 e. The predicted octanol–water partition coefficient (Wildman–Crippen LogP) is 3.00. The number of amides is 1. The molecule has 8 heteroatoms. The second-order valence-corrected chi connectivity index (χ2v) is 8.26. The maximum absolute atomic E-state index is 12.6. The van der Waals surface area contributed by atoms with Gasteiger partial charge in [-0.05, 0) is 31.9 Å². The molecule has 2 fully saturated rings. The highest BCUT2D eigenvalue weighted by atomic mass is 32.1. The zero-order chi connectivity index (χ0) is 16.8. The lowest BCUT2D eigenvalue weighted by atomic mass is 9.79. The van der Waals surface area contributed by atoms with Crippen LogP contribution in [0.3, 0.4) is 0 Å². The molecule has 4 heterocycles. The highest BCUT2D eigenvalue weighted by molar-refractivity contribution is 7.17. The van der Waals surface area contributed by atoms with Crippen molar-refractivity contribution in [3.63, 3.8) is 0 Å². The summed E-state index contributed by atoms with van der Waals surface area (Å²) in [5, 5.41) is 14.6. The Kier molecular flexibility index (Phi) is 3.90. The normalized spacial score (nSPS) is 28.2. The number of thiophene rings is 1. The average molecular weight is 364 g/mol. The van der Waals surface area contributed by atoms with E-state index in [9.17, 15) is 14.7 Å². The highest BCUT2D eigenvalue weighted by Gasteiger charge is 2.55. The van der Waals surface area contributed by atoms with E-state index in [-0.39, 0.29) is 18.1 Å². The Morgan fingerprint density at radius 3 is 2.71 bits per heavy atom. The fraction of sp³-hybridized carbons (Fsp3) is 0.438. The molecule has 2 bridgehead atoms. The second-order valence-electron chi connectivity index (χ2n) is 6.12. The molecule has 2 aliphatic rings. The number of aryl methyl sites for hydroxylation is 1. The second kappa shape index (κ2) is 5.94. The van der Waals surface area contributed by atoms with E-state index in [1.807, 2.05) is 24.4 Å². The molecule has 0 radical (unpaired) electrons. The van der Waals surface area contributed by atoms with Gasteiger partial charge in [0.1, 0.15) is 0 Å². The molecule has 0 spiro atoms. The maximum Gasteiger partial charge on any atom is 0.310 e. The van der Waals surface area contributed by atoms with Crippen molar-refractivity contribution >= 4 is 39.7 Å². The Labute approximate surface area is 146 Å². The summed E-state index contributed by atoms with van der Waals surface area (Å²) in [6, 6.07) is 4.03.